The minimum Gasteiger partial charge on any atom is -0.493 e. The highest BCUT2D eigenvalue weighted by molar-refractivity contribution is 5.80. The average Bonchev–Trinajstić information content (AvgIpc) is 3.38. The molecule has 3 N–H and O–H groups in total. The Morgan fingerprint density at radius 2 is 2.16 bits per heavy atom. The number of nitrogens with zero attached hydrogens (tertiary/aromatic N) is 3. The van der Waals surface area contributed by atoms with E-state index in [9.17, 15) is 9.59 Å². The Kier molecular flexibility index (Phi) is 6.27. The average molecular weight is 440 g/mol. The normalized spacial score (nSPS) is 18.2. The highest BCUT2D eigenvalue weighted by Gasteiger charge is 2.30. The molecule has 4 rings (SSSR count). The predicted molar refractivity (Wildman–Crippen MR) is 120 cm³/mol. The summed E-state index contributed by atoms with van der Waals surface area (Å²) >= 11 is 0. The van der Waals surface area contributed by atoms with Crippen molar-refractivity contribution in [3.8, 4) is 17.1 Å². The van der Waals surface area contributed by atoms with E-state index in [1.807, 2.05) is 32.0 Å². The number of rotatable bonds is 7. The molecule has 9 heteroatoms. The van der Waals surface area contributed by atoms with Gasteiger partial charge in [-0.1, -0.05) is 13.0 Å². The largest absolute Gasteiger partial charge is 0.493 e. The zero-order valence-electron chi connectivity index (χ0n) is 18.6. The van der Waals surface area contributed by atoms with Crippen LogP contribution in [0.3, 0.4) is 0 Å². The van der Waals surface area contributed by atoms with Crippen LogP contribution in [0.1, 0.15) is 44.4 Å². The molecule has 2 heterocycles. The van der Waals surface area contributed by atoms with Crippen molar-refractivity contribution < 1.29 is 14.7 Å². The first-order valence-corrected chi connectivity index (χ1v) is 11.1. The third-order valence-electron chi connectivity index (χ3n) is 6.24. The molecule has 1 amide bonds. The van der Waals surface area contributed by atoms with Crippen LogP contribution in [0, 0.1) is 11.8 Å². The van der Waals surface area contributed by atoms with Crippen molar-refractivity contribution in [2.45, 2.75) is 46.0 Å². The number of carbonyl (C=O) groups is 1. The van der Waals surface area contributed by atoms with Gasteiger partial charge < -0.3 is 9.72 Å². The molecule has 0 radical (unpaired) electrons. The monoisotopic (exact) mass is 439 g/mol. The molecular weight excluding hydrogens is 410 g/mol. The first kappa shape index (κ1) is 22.0. The van der Waals surface area contributed by atoms with Gasteiger partial charge in [0.1, 0.15) is 17.1 Å². The molecule has 1 aliphatic carbocycles. The second kappa shape index (κ2) is 9.12. The van der Waals surface area contributed by atoms with Crippen molar-refractivity contribution in [1.82, 2.24) is 25.2 Å². The van der Waals surface area contributed by atoms with E-state index in [1.54, 1.807) is 17.2 Å². The molecule has 9 nitrogen and oxygen atoms in total. The number of ether oxygens (including phenoxy) is 1. The second-order valence-electron chi connectivity index (χ2n) is 8.36. The van der Waals surface area contributed by atoms with Gasteiger partial charge in [0.15, 0.2) is 5.52 Å². The Morgan fingerprint density at radius 3 is 2.88 bits per heavy atom. The first-order chi connectivity index (χ1) is 15.4. The van der Waals surface area contributed by atoms with Gasteiger partial charge in [-0.25, -0.2) is 10.5 Å². The van der Waals surface area contributed by atoms with Crippen LogP contribution in [0.2, 0.25) is 0 Å². The van der Waals surface area contributed by atoms with E-state index in [0.29, 0.717) is 41.6 Å². The fraction of sp³-hybridized carbons (Fsp3) is 0.478. The lowest BCUT2D eigenvalue weighted by atomic mass is 9.95. The van der Waals surface area contributed by atoms with Crippen LogP contribution >= 0.6 is 0 Å². The van der Waals surface area contributed by atoms with Crippen molar-refractivity contribution in [2.75, 3.05) is 6.61 Å². The van der Waals surface area contributed by atoms with E-state index < -0.39 is 0 Å². The Bertz CT molecular complexity index is 1200. The number of H-pyrrole nitrogens is 1. The number of hydrogen-bond donors (Lipinski definition) is 3. The molecule has 2 aromatic heterocycles. The summed E-state index contributed by atoms with van der Waals surface area (Å²) in [6, 6.07) is 5.94. The first-order valence-electron chi connectivity index (χ1n) is 11.1. The van der Waals surface area contributed by atoms with Crippen molar-refractivity contribution in [2.24, 2.45) is 18.9 Å². The SMILES string of the molecule is CCOc1ccc(CC2CCC(C(=O)NO)C2)cc1-c1nc2c(CC)nn(C)c2c(=O)[nH]1. The highest BCUT2D eigenvalue weighted by Crippen LogP contribution is 2.35. The van der Waals surface area contributed by atoms with Crippen molar-refractivity contribution in [3.63, 3.8) is 0 Å². The number of hydrogen-bond acceptors (Lipinski definition) is 6. The maximum Gasteiger partial charge on any atom is 0.277 e. The van der Waals surface area contributed by atoms with Gasteiger partial charge in [-0.2, -0.15) is 5.10 Å². The molecular formula is C23H29N5O4. The molecule has 0 spiro atoms. The molecule has 2 unspecified atom stereocenters. The second-order valence-corrected chi connectivity index (χ2v) is 8.36. The number of amides is 1. The van der Waals surface area contributed by atoms with Crippen molar-refractivity contribution in [1.29, 1.82) is 0 Å². The summed E-state index contributed by atoms with van der Waals surface area (Å²) in [5.74, 6) is 1.01. The van der Waals surface area contributed by atoms with Gasteiger partial charge in [-0.3, -0.25) is 19.5 Å². The Morgan fingerprint density at radius 1 is 1.34 bits per heavy atom. The fourth-order valence-corrected chi connectivity index (χ4v) is 4.71. The van der Waals surface area contributed by atoms with Crippen LogP contribution in [0.15, 0.2) is 23.0 Å². The van der Waals surface area contributed by atoms with E-state index in [0.717, 1.165) is 42.5 Å². The molecule has 0 aliphatic heterocycles. The summed E-state index contributed by atoms with van der Waals surface area (Å²) < 4.78 is 7.40. The fourth-order valence-electron chi connectivity index (χ4n) is 4.71. The quantitative estimate of drug-likeness (QED) is 0.384. The highest BCUT2D eigenvalue weighted by atomic mass is 16.5. The summed E-state index contributed by atoms with van der Waals surface area (Å²) in [7, 11) is 1.75. The van der Waals surface area contributed by atoms with Crippen LogP contribution < -0.4 is 15.8 Å². The molecule has 32 heavy (non-hydrogen) atoms. The van der Waals surface area contributed by atoms with Gasteiger partial charge in [0.2, 0.25) is 5.91 Å². The minimum absolute atomic E-state index is 0.148. The number of carbonyl (C=O) groups excluding carboxylic acids is 1. The lowest BCUT2D eigenvalue weighted by Crippen LogP contribution is -2.26. The summed E-state index contributed by atoms with van der Waals surface area (Å²) in [5.41, 5.74) is 5.20. The summed E-state index contributed by atoms with van der Waals surface area (Å²) in [4.78, 5) is 32.2. The lowest BCUT2D eigenvalue weighted by molar-refractivity contribution is -0.133. The summed E-state index contributed by atoms with van der Waals surface area (Å²) in [6.45, 7) is 4.40. The molecule has 1 aromatic carbocycles. The molecule has 1 saturated carbocycles. The van der Waals surface area contributed by atoms with E-state index in [-0.39, 0.29) is 17.4 Å². The lowest BCUT2D eigenvalue weighted by Gasteiger charge is -2.14. The molecule has 1 aliphatic rings. The van der Waals surface area contributed by atoms with Crippen LogP contribution in [0.4, 0.5) is 0 Å². The van der Waals surface area contributed by atoms with Crippen molar-refractivity contribution in [3.05, 3.63) is 39.8 Å². The van der Waals surface area contributed by atoms with Crippen LogP contribution in [0.5, 0.6) is 5.75 Å². The molecule has 2 atom stereocenters. The summed E-state index contributed by atoms with van der Waals surface area (Å²) in [6.07, 6.45) is 3.92. The third kappa shape index (κ3) is 4.12. The van der Waals surface area contributed by atoms with E-state index >= 15 is 0 Å². The van der Waals surface area contributed by atoms with Crippen LogP contribution in [0.25, 0.3) is 22.4 Å². The zero-order chi connectivity index (χ0) is 22.8. The molecule has 0 bridgehead atoms. The van der Waals surface area contributed by atoms with Crippen LogP contribution in [-0.4, -0.2) is 37.5 Å². The number of aryl methyl sites for hydroxylation is 2. The van der Waals surface area contributed by atoms with Gasteiger partial charge in [0, 0.05) is 13.0 Å². The number of benzene rings is 1. The van der Waals surface area contributed by atoms with E-state index in [1.165, 1.54) is 0 Å². The van der Waals surface area contributed by atoms with Crippen molar-refractivity contribution >= 4 is 16.9 Å². The smallest absolute Gasteiger partial charge is 0.277 e. The molecule has 0 saturated heterocycles. The topological polar surface area (TPSA) is 122 Å². The number of aromatic amines is 1. The van der Waals surface area contributed by atoms with Gasteiger partial charge >= 0.3 is 0 Å². The summed E-state index contributed by atoms with van der Waals surface area (Å²) in [5, 5.41) is 13.3. The number of fused-ring (bicyclic) bond motifs is 1. The van der Waals surface area contributed by atoms with Gasteiger partial charge in [-0.15, -0.1) is 0 Å². The molecule has 1 fully saturated rings. The van der Waals surface area contributed by atoms with E-state index in [2.05, 4.69) is 10.1 Å². The molecule has 170 valence electrons. The zero-order valence-corrected chi connectivity index (χ0v) is 18.6. The Labute approximate surface area is 185 Å². The van der Waals surface area contributed by atoms with Crippen LogP contribution in [-0.2, 0) is 24.7 Å². The predicted octanol–water partition coefficient (Wildman–Crippen LogP) is 2.75. The minimum atomic E-state index is -0.307. The molecule has 3 aromatic rings. The maximum atomic E-state index is 12.8. The number of aromatic nitrogens is 4. The third-order valence-corrected chi connectivity index (χ3v) is 6.24. The van der Waals surface area contributed by atoms with Gasteiger partial charge in [0.25, 0.3) is 5.56 Å². The van der Waals surface area contributed by atoms with E-state index in [4.69, 9.17) is 14.9 Å². The maximum absolute atomic E-state index is 12.8. The van der Waals surface area contributed by atoms with Gasteiger partial charge in [0.05, 0.1) is 17.9 Å². The van der Waals surface area contributed by atoms with Gasteiger partial charge in [-0.05, 0) is 62.6 Å². The Balaban J connectivity index is 1.70. The number of hydroxylamine groups is 1. The standard InChI is InChI=1S/C23H29N5O4/c1-4-17-19-20(28(3)26-17)23(30)25-21(24-19)16-12-14(7-9-18(16)32-5-2)10-13-6-8-15(11-13)22(29)27-31/h7,9,12-13,15,31H,4-6,8,10-11H2,1-3H3,(H,27,29)(H,24,25,30). The Hall–Kier alpha value is -3.20. The number of nitrogens with one attached hydrogen (secondary N) is 2.